The predicted octanol–water partition coefficient (Wildman–Crippen LogP) is 2.32. The van der Waals surface area contributed by atoms with Gasteiger partial charge in [-0.05, 0) is 50.3 Å². The number of nitrogens with zero attached hydrogens (tertiary/aromatic N) is 1. The van der Waals surface area contributed by atoms with Crippen LogP contribution in [0.4, 0.5) is 11.4 Å². The molecule has 1 aromatic rings. The largest absolute Gasteiger partial charge is 0.397 e. The zero-order chi connectivity index (χ0) is 12.3. The van der Waals surface area contributed by atoms with Gasteiger partial charge in [0.25, 0.3) is 0 Å². The van der Waals surface area contributed by atoms with E-state index in [-0.39, 0.29) is 6.61 Å². The Bertz CT molecular complexity index is 378. The van der Waals surface area contributed by atoms with E-state index in [1.165, 1.54) is 18.4 Å². The SMILES string of the molecule is Cc1ccc(N2CCCC2CCCO)c(N)c1. The molecular weight excluding hydrogens is 212 g/mol. The van der Waals surface area contributed by atoms with Crippen LogP contribution in [-0.2, 0) is 0 Å². The number of aliphatic hydroxyl groups excluding tert-OH is 1. The summed E-state index contributed by atoms with van der Waals surface area (Å²) in [6, 6.07) is 6.83. The number of aryl methyl sites for hydroxylation is 1. The van der Waals surface area contributed by atoms with Crippen LogP contribution in [0.3, 0.4) is 0 Å². The Morgan fingerprint density at radius 3 is 3.00 bits per heavy atom. The van der Waals surface area contributed by atoms with Gasteiger partial charge in [0.05, 0.1) is 11.4 Å². The molecule has 3 heteroatoms. The number of nitrogens with two attached hydrogens (primary N) is 1. The maximum Gasteiger partial charge on any atom is 0.0602 e. The third-order valence-electron chi connectivity index (χ3n) is 3.57. The van der Waals surface area contributed by atoms with Gasteiger partial charge in [-0.15, -0.1) is 0 Å². The van der Waals surface area contributed by atoms with Crippen molar-refractivity contribution in [3.05, 3.63) is 23.8 Å². The minimum Gasteiger partial charge on any atom is -0.397 e. The highest BCUT2D eigenvalue weighted by atomic mass is 16.2. The van der Waals surface area contributed by atoms with E-state index in [9.17, 15) is 0 Å². The van der Waals surface area contributed by atoms with E-state index in [2.05, 4.69) is 24.0 Å². The summed E-state index contributed by atoms with van der Waals surface area (Å²) in [5.74, 6) is 0. The molecular formula is C14H22N2O. The lowest BCUT2D eigenvalue weighted by molar-refractivity contribution is 0.279. The van der Waals surface area contributed by atoms with Crippen LogP contribution in [-0.4, -0.2) is 24.3 Å². The molecule has 17 heavy (non-hydrogen) atoms. The molecule has 94 valence electrons. The number of hydrogen-bond acceptors (Lipinski definition) is 3. The average Bonchev–Trinajstić information content (AvgIpc) is 2.74. The van der Waals surface area contributed by atoms with Crippen LogP contribution in [0.5, 0.6) is 0 Å². The fourth-order valence-electron chi connectivity index (χ4n) is 2.72. The van der Waals surface area contributed by atoms with Gasteiger partial charge in [-0.25, -0.2) is 0 Å². The van der Waals surface area contributed by atoms with Gasteiger partial charge in [0.2, 0.25) is 0 Å². The molecule has 0 radical (unpaired) electrons. The molecule has 1 aliphatic heterocycles. The fourth-order valence-corrected chi connectivity index (χ4v) is 2.72. The topological polar surface area (TPSA) is 49.5 Å². The van der Waals surface area contributed by atoms with Gasteiger partial charge in [-0.3, -0.25) is 0 Å². The van der Waals surface area contributed by atoms with E-state index in [4.69, 9.17) is 10.8 Å². The van der Waals surface area contributed by atoms with Crippen LogP contribution >= 0.6 is 0 Å². The quantitative estimate of drug-likeness (QED) is 0.786. The molecule has 1 unspecified atom stereocenters. The third kappa shape index (κ3) is 2.72. The lowest BCUT2D eigenvalue weighted by Gasteiger charge is -2.28. The van der Waals surface area contributed by atoms with Crippen molar-refractivity contribution in [3.8, 4) is 0 Å². The number of anilines is 2. The van der Waals surface area contributed by atoms with Crippen molar-refractivity contribution in [2.24, 2.45) is 0 Å². The van der Waals surface area contributed by atoms with E-state index in [0.29, 0.717) is 6.04 Å². The molecule has 0 bridgehead atoms. The number of nitrogen functional groups attached to an aromatic ring is 1. The lowest BCUT2D eigenvalue weighted by Crippen LogP contribution is -2.30. The fraction of sp³-hybridized carbons (Fsp3) is 0.571. The highest BCUT2D eigenvalue weighted by Crippen LogP contribution is 2.32. The second-order valence-corrected chi connectivity index (χ2v) is 4.92. The van der Waals surface area contributed by atoms with Crippen LogP contribution in [0.2, 0.25) is 0 Å². The van der Waals surface area contributed by atoms with Crippen LogP contribution < -0.4 is 10.6 Å². The first-order chi connectivity index (χ1) is 8.22. The summed E-state index contributed by atoms with van der Waals surface area (Å²) in [7, 11) is 0. The number of rotatable bonds is 4. The van der Waals surface area contributed by atoms with Gasteiger partial charge < -0.3 is 15.7 Å². The minimum absolute atomic E-state index is 0.285. The van der Waals surface area contributed by atoms with Crippen LogP contribution in [0.1, 0.15) is 31.2 Å². The van der Waals surface area contributed by atoms with Crippen molar-refractivity contribution >= 4 is 11.4 Å². The molecule has 2 rings (SSSR count). The summed E-state index contributed by atoms with van der Waals surface area (Å²) in [5, 5.41) is 8.93. The molecule has 1 heterocycles. The van der Waals surface area contributed by atoms with Crippen LogP contribution in [0, 0.1) is 6.92 Å². The van der Waals surface area contributed by atoms with Gasteiger partial charge >= 0.3 is 0 Å². The monoisotopic (exact) mass is 234 g/mol. The summed E-state index contributed by atoms with van der Waals surface area (Å²) in [4.78, 5) is 2.41. The Morgan fingerprint density at radius 2 is 2.29 bits per heavy atom. The van der Waals surface area contributed by atoms with Crippen molar-refractivity contribution in [3.63, 3.8) is 0 Å². The molecule has 1 saturated heterocycles. The number of benzene rings is 1. The summed E-state index contributed by atoms with van der Waals surface area (Å²) in [5.41, 5.74) is 9.35. The zero-order valence-corrected chi connectivity index (χ0v) is 10.5. The van der Waals surface area contributed by atoms with Crippen molar-refractivity contribution < 1.29 is 5.11 Å². The van der Waals surface area contributed by atoms with Crippen molar-refractivity contribution in [1.82, 2.24) is 0 Å². The van der Waals surface area contributed by atoms with Crippen molar-refractivity contribution in [1.29, 1.82) is 0 Å². The van der Waals surface area contributed by atoms with Crippen molar-refractivity contribution in [2.45, 2.75) is 38.6 Å². The molecule has 1 fully saturated rings. The van der Waals surface area contributed by atoms with E-state index in [1.54, 1.807) is 0 Å². The highest BCUT2D eigenvalue weighted by Gasteiger charge is 2.25. The van der Waals surface area contributed by atoms with Crippen molar-refractivity contribution in [2.75, 3.05) is 23.8 Å². The second kappa shape index (κ2) is 5.41. The summed E-state index contributed by atoms with van der Waals surface area (Å²) in [6.45, 7) is 3.43. The molecule has 0 aliphatic carbocycles. The Labute approximate surface area is 103 Å². The van der Waals surface area contributed by atoms with Gasteiger partial charge in [-0.2, -0.15) is 0 Å². The maximum atomic E-state index is 8.93. The first-order valence-electron chi connectivity index (χ1n) is 6.46. The molecule has 1 aromatic carbocycles. The second-order valence-electron chi connectivity index (χ2n) is 4.92. The first-order valence-corrected chi connectivity index (χ1v) is 6.46. The van der Waals surface area contributed by atoms with Gasteiger partial charge in [-0.1, -0.05) is 6.07 Å². The zero-order valence-electron chi connectivity index (χ0n) is 10.5. The standard InChI is InChI=1S/C14H22N2O/c1-11-6-7-14(13(15)10-11)16-8-2-4-12(16)5-3-9-17/h6-7,10,12,17H,2-5,8-9,15H2,1H3. The molecule has 1 aliphatic rings. The smallest absolute Gasteiger partial charge is 0.0602 e. The average molecular weight is 234 g/mol. The highest BCUT2D eigenvalue weighted by molar-refractivity contribution is 5.69. The molecule has 3 nitrogen and oxygen atoms in total. The normalized spacial score (nSPS) is 19.9. The van der Waals surface area contributed by atoms with Gasteiger partial charge in [0.1, 0.15) is 0 Å². The lowest BCUT2D eigenvalue weighted by atomic mass is 10.1. The number of hydrogen-bond donors (Lipinski definition) is 2. The third-order valence-corrected chi connectivity index (χ3v) is 3.57. The van der Waals surface area contributed by atoms with E-state index < -0.39 is 0 Å². The molecule has 3 N–H and O–H groups in total. The van der Waals surface area contributed by atoms with E-state index >= 15 is 0 Å². The number of aliphatic hydroxyl groups is 1. The Hall–Kier alpha value is -1.22. The van der Waals surface area contributed by atoms with E-state index in [0.717, 1.165) is 30.8 Å². The van der Waals surface area contributed by atoms with Crippen LogP contribution in [0.15, 0.2) is 18.2 Å². The minimum atomic E-state index is 0.285. The molecule has 0 spiro atoms. The molecule has 1 atom stereocenters. The summed E-state index contributed by atoms with van der Waals surface area (Å²) in [6.07, 6.45) is 4.38. The predicted molar refractivity (Wildman–Crippen MR) is 72.3 cm³/mol. The maximum absolute atomic E-state index is 8.93. The summed E-state index contributed by atoms with van der Waals surface area (Å²) >= 11 is 0. The molecule has 0 saturated carbocycles. The molecule has 0 aromatic heterocycles. The van der Waals surface area contributed by atoms with Gasteiger partial charge in [0, 0.05) is 19.2 Å². The van der Waals surface area contributed by atoms with Gasteiger partial charge in [0.15, 0.2) is 0 Å². The Balaban J connectivity index is 2.14. The summed E-state index contributed by atoms with van der Waals surface area (Å²) < 4.78 is 0. The Morgan fingerprint density at radius 1 is 1.47 bits per heavy atom. The van der Waals surface area contributed by atoms with Crippen LogP contribution in [0.25, 0.3) is 0 Å². The molecule has 0 amide bonds. The van der Waals surface area contributed by atoms with E-state index in [1.807, 2.05) is 6.07 Å². The Kier molecular flexibility index (Phi) is 3.89. The first kappa shape index (κ1) is 12.2.